The van der Waals surface area contributed by atoms with Crippen molar-refractivity contribution in [1.82, 2.24) is 4.98 Å². The molecule has 3 heteroatoms. The lowest BCUT2D eigenvalue weighted by Crippen LogP contribution is -2.36. The molecule has 0 fully saturated rings. The quantitative estimate of drug-likeness (QED) is 0.872. The first-order valence-corrected chi connectivity index (χ1v) is 6.29. The molecule has 0 aromatic carbocycles. The molecule has 1 rings (SSSR count). The number of hydrogen-bond acceptors (Lipinski definition) is 3. The molecule has 17 heavy (non-hydrogen) atoms. The molecular weight excluding hydrogens is 210 g/mol. The van der Waals surface area contributed by atoms with E-state index in [0.717, 1.165) is 12.4 Å². The molecule has 0 spiro atoms. The van der Waals surface area contributed by atoms with Crippen LogP contribution in [0.4, 0.5) is 5.82 Å². The van der Waals surface area contributed by atoms with Crippen LogP contribution in [-0.2, 0) is 5.41 Å². The van der Waals surface area contributed by atoms with Gasteiger partial charge in [-0.25, -0.2) is 4.98 Å². The van der Waals surface area contributed by atoms with Gasteiger partial charge in [0, 0.05) is 25.3 Å². The molecule has 0 radical (unpaired) electrons. The topological polar surface area (TPSA) is 42.1 Å². The van der Waals surface area contributed by atoms with Crippen molar-refractivity contribution >= 4 is 5.82 Å². The molecule has 0 atom stereocenters. The second kappa shape index (κ2) is 5.50. The van der Waals surface area contributed by atoms with E-state index in [1.54, 1.807) is 0 Å². The van der Waals surface area contributed by atoms with Crippen LogP contribution in [0.1, 0.15) is 40.2 Å². The van der Waals surface area contributed by atoms with E-state index in [1.807, 2.05) is 6.20 Å². The summed E-state index contributed by atoms with van der Waals surface area (Å²) in [5.41, 5.74) is 7.05. The summed E-state index contributed by atoms with van der Waals surface area (Å²) in [4.78, 5) is 6.78. The Bertz CT molecular complexity index is 335. The Balaban J connectivity index is 2.92. The van der Waals surface area contributed by atoms with Gasteiger partial charge in [0.15, 0.2) is 0 Å². The molecular formula is C14H25N3. The van der Waals surface area contributed by atoms with Crippen LogP contribution < -0.4 is 10.6 Å². The summed E-state index contributed by atoms with van der Waals surface area (Å²) >= 11 is 0. The van der Waals surface area contributed by atoms with Crippen LogP contribution in [0.2, 0.25) is 0 Å². The molecule has 0 aliphatic heterocycles. The number of nitrogens with zero attached hydrogens (tertiary/aromatic N) is 2. The van der Waals surface area contributed by atoms with Crippen LogP contribution in [0.25, 0.3) is 0 Å². The van der Waals surface area contributed by atoms with Gasteiger partial charge in [-0.3, -0.25) is 0 Å². The third kappa shape index (κ3) is 3.70. The molecule has 0 aliphatic carbocycles. The van der Waals surface area contributed by atoms with Crippen molar-refractivity contribution in [2.45, 2.75) is 46.1 Å². The number of pyridine rings is 1. The van der Waals surface area contributed by atoms with Gasteiger partial charge in [0.05, 0.1) is 0 Å². The molecule has 96 valence electrons. The van der Waals surface area contributed by atoms with Crippen LogP contribution in [0, 0.1) is 0 Å². The summed E-state index contributed by atoms with van der Waals surface area (Å²) in [6, 6.07) is 4.68. The maximum Gasteiger partial charge on any atom is 0.128 e. The van der Waals surface area contributed by atoms with Crippen molar-refractivity contribution in [3.05, 3.63) is 23.9 Å². The van der Waals surface area contributed by atoms with Gasteiger partial charge in [0.1, 0.15) is 5.82 Å². The highest BCUT2D eigenvalue weighted by atomic mass is 15.2. The third-order valence-electron chi connectivity index (χ3n) is 2.90. The lowest BCUT2D eigenvalue weighted by molar-refractivity contribution is 0.586. The third-order valence-corrected chi connectivity index (χ3v) is 2.90. The average Bonchev–Trinajstić information content (AvgIpc) is 2.24. The lowest BCUT2D eigenvalue weighted by Gasteiger charge is -2.28. The Morgan fingerprint density at radius 2 is 1.94 bits per heavy atom. The van der Waals surface area contributed by atoms with Crippen molar-refractivity contribution < 1.29 is 0 Å². The Morgan fingerprint density at radius 3 is 2.29 bits per heavy atom. The molecule has 0 unspecified atom stereocenters. The number of aromatic nitrogens is 1. The number of nitrogens with two attached hydrogens (primary N) is 1. The monoisotopic (exact) mass is 235 g/mol. The Hall–Kier alpha value is -1.09. The zero-order valence-corrected chi connectivity index (χ0v) is 11.7. The Kier molecular flexibility index (Phi) is 4.52. The summed E-state index contributed by atoms with van der Waals surface area (Å²) in [6.45, 7) is 12.4. The molecule has 1 heterocycles. The predicted molar refractivity (Wildman–Crippen MR) is 74.5 cm³/mol. The normalized spacial score (nSPS) is 11.9. The van der Waals surface area contributed by atoms with E-state index < -0.39 is 0 Å². The summed E-state index contributed by atoms with van der Waals surface area (Å²) in [5, 5.41) is 0. The predicted octanol–water partition coefficient (Wildman–Crippen LogP) is 2.55. The van der Waals surface area contributed by atoms with Crippen LogP contribution in [0.15, 0.2) is 18.3 Å². The fourth-order valence-electron chi connectivity index (χ4n) is 1.78. The summed E-state index contributed by atoms with van der Waals surface area (Å²) in [5.74, 6) is 1.01. The highest BCUT2D eigenvalue weighted by Gasteiger charge is 2.15. The zero-order valence-electron chi connectivity index (χ0n) is 11.7. The van der Waals surface area contributed by atoms with E-state index in [9.17, 15) is 0 Å². The molecule has 1 aromatic rings. The highest BCUT2D eigenvalue weighted by Crippen LogP contribution is 2.23. The van der Waals surface area contributed by atoms with Gasteiger partial charge in [-0.2, -0.15) is 0 Å². The van der Waals surface area contributed by atoms with Crippen LogP contribution >= 0.6 is 0 Å². The van der Waals surface area contributed by atoms with Crippen LogP contribution in [0.5, 0.6) is 0 Å². The molecule has 3 nitrogen and oxygen atoms in total. The van der Waals surface area contributed by atoms with Gasteiger partial charge in [-0.15, -0.1) is 0 Å². The molecule has 2 N–H and O–H groups in total. The van der Waals surface area contributed by atoms with Crippen molar-refractivity contribution in [2.75, 3.05) is 18.0 Å². The molecule has 1 aromatic heterocycles. The minimum Gasteiger partial charge on any atom is -0.353 e. The first-order chi connectivity index (χ1) is 7.86. The SMILES string of the molecule is CC(C)N(CCN)c1ccc(C(C)(C)C)cn1. The van der Waals surface area contributed by atoms with E-state index in [4.69, 9.17) is 5.73 Å². The lowest BCUT2D eigenvalue weighted by atomic mass is 9.88. The van der Waals surface area contributed by atoms with Crippen LogP contribution in [0.3, 0.4) is 0 Å². The molecule has 0 amide bonds. The van der Waals surface area contributed by atoms with E-state index in [-0.39, 0.29) is 5.41 Å². The number of hydrogen-bond donors (Lipinski definition) is 1. The van der Waals surface area contributed by atoms with Crippen molar-refractivity contribution in [3.63, 3.8) is 0 Å². The second-order valence-electron chi connectivity index (χ2n) is 5.73. The second-order valence-corrected chi connectivity index (χ2v) is 5.73. The Morgan fingerprint density at radius 1 is 1.29 bits per heavy atom. The maximum absolute atomic E-state index is 5.63. The van der Waals surface area contributed by atoms with Gasteiger partial charge in [0.2, 0.25) is 0 Å². The molecule has 0 saturated carbocycles. The summed E-state index contributed by atoms with van der Waals surface area (Å²) in [7, 11) is 0. The van der Waals surface area contributed by atoms with Crippen LogP contribution in [-0.4, -0.2) is 24.1 Å². The first kappa shape index (κ1) is 14.0. The first-order valence-electron chi connectivity index (χ1n) is 6.29. The number of rotatable bonds is 4. The Labute approximate surface area is 105 Å². The zero-order chi connectivity index (χ0) is 13.1. The average molecular weight is 235 g/mol. The highest BCUT2D eigenvalue weighted by molar-refractivity contribution is 5.41. The standard InChI is InChI=1S/C14H25N3/c1-11(2)17(9-8-15)13-7-6-12(10-16-13)14(3,4)5/h6-7,10-11H,8-9,15H2,1-5H3. The van der Waals surface area contributed by atoms with Gasteiger partial charge in [-0.05, 0) is 30.9 Å². The molecule has 0 aliphatic rings. The fourth-order valence-corrected chi connectivity index (χ4v) is 1.78. The minimum atomic E-state index is 0.155. The fraction of sp³-hybridized carbons (Fsp3) is 0.643. The molecule has 0 saturated heterocycles. The summed E-state index contributed by atoms with van der Waals surface area (Å²) < 4.78 is 0. The van der Waals surface area contributed by atoms with E-state index >= 15 is 0 Å². The van der Waals surface area contributed by atoms with E-state index in [2.05, 4.69) is 56.6 Å². The van der Waals surface area contributed by atoms with Crippen molar-refractivity contribution in [2.24, 2.45) is 5.73 Å². The van der Waals surface area contributed by atoms with Gasteiger partial charge in [-0.1, -0.05) is 26.8 Å². The maximum atomic E-state index is 5.63. The largest absolute Gasteiger partial charge is 0.353 e. The number of anilines is 1. The van der Waals surface area contributed by atoms with Gasteiger partial charge >= 0.3 is 0 Å². The minimum absolute atomic E-state index is 0.155. The van der Waals surface area contributed by atoms with Gasteiger partial charge < -0.3 is 10.6 Å². The van der Waals surface area contributed by atoms with E-state index in [0.29, 0.717) is 12.6 Å². The van der Waals surface area contributed by atoms with Gasteiger partial charge in [0.25, 0.3) is 0 Å². The molecule has 0 bridgehead atoms. The smallest absolute Gasteiger partial charge is 0.128 e. The van der Waals surface area contributed by atoms with Crippen molar-refractivity contribution in [1.29, 1.82) is 0 Å². The summed E-state index contributed by atoms with van der Waals surface area (Å²) in [6.07, 6.45) is 1.97. The van der Waals surface area contributed by atoms with Crippen molar-refractivity contribution in [3.8, 4) is 0 Å². The van der Waals surface area contributed by atoms with E-state index in [1.165, 1.54) is 5.56 Å².